The van der Waals surface area contributed by atoms with Crippen LogP contribution in [0.15, 0.2) is 12.1 Å². The van der Waals surface area contributed by atoms with Crippen LogP contribution in [0.3, 0.4) is 0 Å². The van der Waals surface area contributed by atoms with E-state index in [-0.39, 0.29) is 6.10 Å². The Morgan fingerprint density at radius 3 is 2.95 bits per heavy atom. The van der Waals surface area contributed by atoms with Gasteiger partial charge in [0.1, 0.15) is 11.9 Å². The molecule has 1 fully saturated rings. The van der Waals surface area contributed by atoms with Crippen LogP contribution in [0.2, 0.25) is 5.02 Å². The molecule has 1 aromatic carbocycles. The molecule has 3 nitrogen and oxygen atoms in total. The maximum absolute atomic E-state index is 6.31. The second-order valence-electron chi connectivity index (χ2n) is 5.54. The minimum Gasteiger partial charge on any atom is -0.489 e. The van der Waals surface area contributed by atoms with E-state index in [1.165, 1.54) is 11.1 Å². The molecular weight excluding hydrogens is 260 g/mol. The summed E-state index contributed by atoms with van der Waals surface area (Å²) in [7, 11) is 0. The number of hydrogen-bond acceptors (Lipinski definition) is 3. The molecule has 19 heavy (non-hydrogen) atoms. The maximum atomic E-state index is 6.31. The fourth-order valence-electron chi connectivity index (χ4n) is 2.92. The van der Waals surface area contributed by atoms with Crippen molar-refractivity contribution in [3.05, 3.63) is 28.3 Å². The van der Waals surface area contributed by atoms with Gasteiger partial charge in [-0.15, -0.1) is 0 Å². The van der Waals surface area contributed by atoms with Crippen LogP contribution in [0.1, 0.15) is 18.1 Å². The molecule has 3 rings (SSSR count). The number of rotatable bonds is 3. The Bertz CT molecular complexity index is 458. The van der Waals surface area contributed by atoms with E-state index in [2.05, 4.69) is 29.3 Å². The highest BCUT2D eigenvalue weighted by Gasteiger charge is 2.22. The third-order valence-electron chi connectivity index (χ3n) is 3.93. The molecule has 4 heteroatoms. The number of halogens is 1. The van der Waals surface area contributed by atoms with E-state index >= 15 is 0 Å². The first kappa shape index (κ1) is 13.2. The van der Waals surface area contributed by atoms with E-state index in [0.29, 0.717) is 0 Å². The van der Waals surface area contributed by atoms with Crippen LogP contribution in [0, 0.1) is 0 Å². The topological polar surface area (TPSA) is 24.5 Å². The molecule has 1 N–H and O–H groups in total. The minimum absolute atomic E-state index is 0.260. The van der Waals surface area contributed by atoms with Gasteiger partial charge < -0.3 is 15.0 Å². The van der Waals surface area contributed by atoms with E-state index in [1.807, 2.05) is 0 Å². The largest absolute Gasteiger partial charge is 0.489 e. The van der Waals surface area contributed by atoms with Crippen molar-refractivity contribution < 1.29 is 4.74 Å². The lowest BCUT2D eigenvalue weighted by atomic mass is 10.0. The molecule has 0 aliphatic carbocycles. The van der Waals surface area contributed by atoms with Gasteiger partial charge in [-0.2, -0.15) is 0 Å². The summed E-state index contributed by atoms with van der Waals surface area (Å²) in [5, 5.41) is 4.16. The summed E-state index contributed by atoms with van der Waals surface area (Å²) in [4.78, 5) is 2.51. The molecule has 0 bridgehead atoms. The van der Waals surface area contributed by atoms with Crippen LogP contribution in [0.25, 0.3) is 0 Å². The van der Waals surface area contributed by atoms with Crippen LogP contribution >= 0.6 is 11.6 Å². The second-order valence-corrected chi connectivity index (χ2v) is 5.95. The van der Waals surface area contributed by atoms with Gasteiger partial charge in [-0.25, -0.2) is 0 Å². The standard InChI is InChI=1S/C15H21ClN2O/c1-11-8-13-9-12(10-14(16)15(13)19-11)2-5-18-6-3-17-4-7-18/h9-11,17H,2-8H2,1H3. The number of ether oxygens (including phenoxy) is 1. The lowest BCUT2D eigenvalue weighted by Gasteiger charge is -2.27. The number of nitrogens with one attached hydrogen (secondary N) is 1. The highest BCUT2D eigenvalue weighted by Crippen LogP contribution is 2.37. The van der Waals surface area contributed by atoms with Crippen molar-refractivity contribution in [2.75, 3.05) is 32.7 Å². The first-order chi connectivity index (χ1) is 9.22. The lowest BCUT2D eigenvalue weighted by Crippen LogP contribution is -2.44. The molecule has 104 valence electrons. The Morgan fingerprint density at radius 2 is 2.16 bits per heavy atom. The molecule has 1 saturated heterocycles. The molecule has 1 atom stereocenters. The van der Waals surface area contributed by atoms with Crippen molar-refractivity contribution in [1.29, 1.82) is 0 Å². The van der Waals surface area contributed by atoms with Crippen LogP contribution in [-0.2, 0) is 12.8 Å². The van der Waals surface area contributed by atoms with Crippen molar-refractivity contribution in [3.8, 4) is 5.75 Å². The molecule has 0 spiro atoms. The highest BCUT2D eigenvalue weighted by molar-refractivity contribution is 6.32. The molecular formula is C15H21ClN2O. The number of fused-ring (bicyclic) bond motifs is 1. The Balaban J connectivity index is 1.65. The van der Waals surface area contributed by atoms with Gasteiger partial charge in [0, 0.05) is 39.1 Å². The summed E-state index contributed by atoms with van der Waals surface area (Å²) < 4.78 is 5.74. The average molecular weight is 281 g/mol. The SMILES string of the molecule is CC1Cc2cc(CCN3CCNCC3)cc(Cl)c2O1. The van der Waals surface area contributed by atoms with Gasteiger partial charge >= 0.3 is 0 Å². The van der Waals surface area contributed by atoms with Gasteiger partial charge in [0.15, 0.2) is 0 Å². The van der Waals surface area contributed by atoms with E-state index in [1.54, 1.807) is 0 Å². The van der Waals surface area contributed by atoms with E-state index in [9.17, 15) is 0 Å². The zero-order valence-electron chi connectivity index (χ0n) is 11.4. The summed E-state index contributed by atoms with van der Waals surface area (Å²) in [5.41, 5.74) is 2.61. The van der Waals surface area contributed by atoms with Gasteiger partial charge in [-0.05, 0) is 30.5 Å². The number of hydrogen-bond donors (Lipinski definition) is 1. The normalized spacial score (nSPS) is 23.2. The van der Waals surface area contributed by atoms with E-state index in [0.717, 1.165) is 56.3 Å². The van der Waals surface area contributed by atoms with Crippen LogP contribution in [0.5, 0.6) is 5.75 Å². The zero-order valence-corrected chi connectivity index (χ0v) is 12.2. The van der Waals surface area contributed by atoms with E-state index < -0.39 is 0 Å². The van der Waals surface area contributed by atoms with Crippen molar-refractivity contribution in [2.45, 2.75) is 25.9 Å². The summed E-state index contributed by atoms with van der Waals surface area (Å²) >= 11 is 6.31. The summed E-state index contributed by atoms with van der Waals surface area (Å²) in [5.74, 6) is 0.903. The number of nitrogens with zero attached hydrogens (tertiary/aromatic N) is 1. The van der Waals surface area contributed by atoms with Crippen molar-refractivity contribution in [1.82, 2.24) is 10.2 Å². The Labute approximate surface area is 119 Å². The molecule has 2 aliphatic rings. The van der Waals surface area contributed by atoms with Crippen LogP contribution in [-0.4, -0.2) is 43.7 Å². The van der Waals surface area contributed by atoms with Crippen molar-refractivity contribution in [2.24, 2.45) is 0 Å². The van der Waals surface area contributed by atoms with Gasteiger partial charge in [0.25, 0.3) is 0 Å². The highest BCUT2D eigenvalue weighted by atomic mass is 35.5. The van der Waals surface area contributed by atoms with Gasteiger partial charge in [0.2, 0.25) is 0 Å². The first-order valence-electron chi connectivity index (χ1n) is 7.13. The average Bonchev–Trinajstić information content (AvgIpc) is 2.79. The fraction of sp³-hybridized carbons (Fsp3) is 0.600. The fourth-order valence-corrected chi connectivity index (χ4v) is 3.22. The quantitative estimate of drug-likeness (QED) is 0.918. The van der Waals surface area contributed by atoms with Crippen LogP contribution < -0.4 is 10.1 Å². The van der Waals surface area contributed by atoms with Gasteiger partial charge in [-0.1, -0.05) is 17.7 Å². The third kappa shape index (κ3) is 3.04. The monoisotopic (exact) mass is 280 g/mol. The van der Waals surface area contributed by atoms with Crippen molar-refractivity contribution >= 4 is 11.6 Å². The summed E-state index contributed by atoms with van der Waals surface area (Å²) in [6, 6.07) is 4.34. The Morgan fingerprint density at radius 1 is 1.37 bits per heavy atom. The molecule has 0 radical (unpaired) electrons. The first-order valence-corrected chi connectivity index (χ1v) is 7.51. The Kier molecular flexibility index (Phi) is 3.96. The van der Waals surface area contributed by atoms with Crippen LogP contribution in [0.4, 0.5) is 0 Å². The molecule has 2 heterocycles. The summed E-state index contributed by atoms with van der Waals surface area (Å²) in [6.07, 6.45) is 2.31. The second kappa shape index (κ2) is 5.70. The number of benzene rings is 1. The van der Waals surface area contributed by atoms with E-state index in [4.69, 9.17) is 16.3 Å². The maximum Gasteiger partial charge on any atom is 0.141 e. The predicted octanol–water partition coefficient (Wildman–Crippen LogP) is 2.11. The predicted molar refractivity (Wildman–Crippen MR) is 78.3 cm³/mol. The molecule has 1 unspecified atom stereocenters. The smallest absolute Gasteiger partial charge is 0.141 e. The molecule has 1 aromatic rings. The number of piperazine rings is 1. The van der Waals surface area contributed by atoms with Gasteiger partial charge in [-0.3, -0.25) is 0 Å². The molecule has 0 aromatic heterocycles. The molecule has 0 saturated carbocycles. The lowest BCUT2D eigenvalue weighted by molar-refractivity contribution is 0.244. The third-order valence-corrected chi connectivity index (χ3v) is 4.21. The molecule has 0 amide bonds. The summed E-state index contributed by atoms with van der Waals surface area (Å²) in [6.45, 7) is 7.73. The minimum atomic E-state index is 0.260. The molecule has 2 aliphatic heterocycles. The van der Waals surface area contributed by atoms with Crippen molar-refractivity contribution in [3.63, 3.8) is 0 Å². The van der Waals surface area contributed by atoms with Gasteiger partial charge in [0.05, 0.1) is 5.02 Å². The zero-order chi connectivity index (χ0) is 13.2. The Hall–Kier alpha value is -0.770.